The summed E-state index contributed by atoms with van der Waals surface area (Å²) >= 11 is 0. The number of aromatic nitrogens is 3. The van der Waals surface area contributed by atoms with Crippen molar-refractivity contribution in [2.24, 2.45) is 7.05 Å². The fraction of sp³-hybridized carbons (Fsp3) is 0.273. The van der Waals surface area contributed by atoms with Crippen molar-refractivity contribution < 1.29 is 0 Å². The maximum absolute atomic E-state index is 4.17. The molecule has 0 aliphatic heterocycles. The van der Waals surface area contributed by atoms with Crippen LogP contribution in [0.5, 0.6) is 0 Å². The van der Waals surface area contributed by atoms with E-state index in [0.717, 1.165) is 17.3 Å². The second-order valence-electron chi connectivity index (χ2n) is 3.47. The first-order valence-corrected chi connectivity index (χ1v) is 4.87. The van der Waals surface area contributed by atoms with Gasteiger partial charge in [-0.1, -0.05) is 24.3 Å². The van der Waals surface area contributed by atoms with E-state index >= 15 is 0 Å². The smallest absolute Gasteiger partial charge is 0.224 e. The van der Waals surface area contributed by atoms with Gasteiger partial charge in [0.2, 0.25) is 5.95 Å². The van der Waals surface area contributed by atoms with Crippen LogP contribution in [0.1, 0.15) is 5.56 Å². The van der Waals surface area contributed by atoms with E-state index in [0.29, 0.717) is 0 Å². The fourth-order valence-corrected chi connectivity index (χ4v) is 1.61. The molecule has 0 fully saturated rings. The molecule has 0 aliphatic carbocycles. The van der Waals surface area contributed by atoms with Gasteiger partial charge in [-0.15, -0.1) is 10.2 Å². The molecule has 0 aliphatic rings. The zero-order chi connectivity index (χ0) is 10.8. The van der Waals surface area contributed by atoms with E-state index in [1.165, 1.54) is 5.56 Å². The molecule has 0 bridgehead atoms. The van der Waals surface area contributed by atoms with E-state index in [9.17, 15) is 0 Å². The third kappa shape index (κ3) is 1.58. The highest BCUT2D eigenvalue weighted by Gasteiger charge is 2.10. The van der Waals surface area contributed by atoms with E-state index in [4.69, 9.17) is 0 Å². The van der Waals surface area contributed by atoms with E-state index in [-0.39, 0.29) is 0 Å². The van der Waals surface area contributed by atoms with Crippen LogP contribution in [0.15, 0.2) is 24.3 Å². The highest BCUT2D eigenvalue weighted by molar-refractivity contribution is 5.61. The van der Waals surface area contributed by atoms with Crippen LogP contribution in [0.3, 0.4) is 0 Å². The molecule has 0 saturated heterocycles. The van der Waals surface area contributed by atoms with E-state index < -0.39 is 0 Å². The van der Waals surface area contributed by atoms with Crippen molar-refractivity contribution in [3.63, 3.8) is 0 Å². The summed E-state index contributed by atoms with van der Waals surface area (Å²) in [6.07, 6.45) is 0. The summed E-state index contributed by atoms with van der Waals surface area (Å²) in [7, 11) is 3.79. The molecule has 1 N–H and O–H groups in total. The number of aryl methyl sites for hydroxylation is 1. The molecule has 4 nitrogen and oxygen atoms in total. The van der Waals surface area contributed by atoms with Crippen molar-refractivity contribution in [2.45, 2.75) is 6.92 Å². The standard InChI is InChI=1S/C11H14N4/c1-8-6-4-5-7-9(8)10-13-14-11(12-2)15(10)3/h4-7H,1-3H3,(H,12,14). The largest absolute Gasteiger partial charge is 0.357 e. The summed E-state index contributed by atoms with van der Waals surface area (Å²) in [6, 6.07) is 8.16. The number of hydrogen-bond donors (Lipinski definition) is 1. The summed E-state index contributed by atoms with van der Waals surface area (Å²) < 4.78 is 1.95. The molecule has 4 heteroatoms. The van der Waals surface area contributed by atoms with Crippen molar-refractivity contribution in [2.75, 3.05) is 12.4 Å². The molecule has 15 heavy (non-hydrogen) atoms. The minimum atomic E-state index is 0.772. The van der Waals surface area contributed by atoms with Crippen molar-refractivity contribution in [1.29, 1.82) is 0 Å². The van der Waals surface area contributed by atoms with E-state index in [1.54, 1.807) is 0 Å². The molecule has 0 radical (unpaired) electrons. The maximum Gasteiger partial charge on any atom is 0.224 e. The number of benzene rings is 1. The average molecular weight is 202 g/mol. The Balaban J connectivity index is 2.55. The second kappa shape index (κ2) is 3.73. The Labute approximate surface area is 89.0 Å². The first kappa shape index (κ1) is 9.71. The van der Waals surface area contributed by atoms with Gasteiger partial charge in [-0.3, -0.25) is 4.57 Å². The van der Waals surface area contributed by atoms with Crippen LogP contribution in [-0.2, 0) is 7.05 Å². The zero-order valence-corrected chi connectivity index (χ0v) is 9.15. The van der Waals surface area contributed by atoms with Crippen LogP contribution in [-0.4, -0.2) is 21.8 Å². The van der Waals surface area contributed by atoms with Crippen LogP contribution < -0.4 is 5.32 Å². The van der Waals surface area contributed by atoms with Crippen molar-refractivity contribution in [3.05, 3.63) is 29.8 Å². The molecular formula is C11H14N4. The van der Waals surface area contributed by atoms with Crippen molar-refractivity contribution >= 4 is 5.95 Å². The quantitative estimate of drug-likeness (QED) is 0.808. The highest BCUT2D eigenvalue weighted by Crippen LogP contribution is 2.22. The number of nitrogens with zero attached hydrogens (tertiary/aromatic N) is 3. The highest BCUT2D eigenvalue weighted by atomic mass is 15.3. The predicted molar refractivity (Wildman–Crippen MR) is 60.7 cm³/mol. The summed E-state index contributed by atoms with van der Waals surface area (Å²) in [5.41, 5.74) is 2.32. The van der Waals surface area contributed by atoms with Gasteiger partial charge in [0.1, 0.15) is 0 Å². The van der Waals surface area contributed by atoms with Crippen molar-refractivity contribution in [1.82, 2.24) is 14.8 Å². The lowest BCUT2D eigenvalue weighted by Crippen LogP contribution is -2.00. The van der Waals surface area contributed by atoms with E-state index in [1.807, 2.05) is 30.8 Å². The van der Waals surface area contributed by atoms with Crippen molar-refractivity contribution in [3.8, 4) is 11.4 Å². The van der Waals surface area contributed by atoms with Gasteiger partial charge in [-0.2, -0.15) is 0 Å². The Morgan fingerprint density at radius 3 is 2.53 bits per heavy atom. The van der Waals surface area contributed by atoms with Crippen LogP contribution in [0.2, 0.25) is 0 Å². The van der Waals surface area contributed by atoms with Gasteiger partial charge in [-0.05, 0) is 12.5 Å². The Morgan fingerprint density at radius 2 is 1.93 bits per heavy atom. The first-order chi connectivity index (χ1) is 7.24. The average Bonchev–Trinajstić information content (AvgIpc) is 2.60. The normalized spacial score (nSPS) is 10.3. The van der Waals surface area contributed by atoms with Crippen LogP contribution >= 0.6 is 0 Å². The third-order valence-electron chi connectivity index (χ3n) is 2.48. The molecule has 1 aromatic carbocycles. The molecule has 0 amide bonds. The van der Waals surface area contributed by atoms with Gasteiger partial charge < -0.3 is 5.32 Å². The van der Waals surface area contributed by atoms with Crippen LogP contribution in [0, 0.1) is 6.92 Å². The van der Waals surface area contributed by atoms with Gasteiger partial charge in [0.25, 0.3) is 0 Å². The minimum absolute atomic E-state index is 0.772. The molecule has 0 unspecified atom stereocenters. The van der Waals surface area contributed by atoms with Gasteiger partial charge in [0.05, 0.1) is 0 Å². The first-order valence-electron chi connectivity index (χ1n) is 4.87. The molecule has 78 valence electrons. The number of rotatable bonds is 2. The molecule has 0 saturated carbocycles. The molecule has 0 spiro atoms. The monoisotopic (exact) mass is 202 g/mol. The number of hydrogen-bond acceptors (Lipinski definition) is 3. The molecule has 0 atom stereocenters. The fourth-order valence-electron chi connectivity index (χ4n) is 1.61. The Hall–Kier alpha value is -1.84. The van der Waals surface area contributed by atoms with Gasteiger partial charge in [0.15, 0.2) is 5.82 Å². The number of nitrogens with one attached hydrogen (secondary N) is 1. The van der Waals surface area contributed by atoms with Gasteiger partial charge >= 0.3 is 0 Å². The van der Waals surface area contributed by atoms with Gasteiger partial charge in [0, 0.05) is 19.7 Å². The minimum Gasteiger partial charge on any atom is -0.357 e. The topological polar surface area (TPSA) is 42.7 Å². The number of anilines is 1. The lowest BCUT2D eigenvalue weighted by atomic mass is 10.1. The molecule has 2 aromatic rings. The Bertz CT molecular complexity index is 473. The second-order valence-corrected chi connectivity index (χ2v) is 3.47. The third-order valence-corrected chi connectivity index (χ3v) is 2.48. The molecule has 1 aromatic heterocycles. The lowest BCUT2D eigenvalue weighted by Gasteiger charge is -2.05. The Morgan fingerprint density at radius 1 is 1.20 bits per heavy atom. The summed E-state index contributed by atoms with van der Waals surface area (Å²) in [4.78, 5) is 0. The molecule has 1 heterocycles. The SMILES string of the molecule is CNc1nnc(-c2ccccc2C)n1C. The lowest BCUT2D eigenvalue weighted by molar-refractivity contribution is 0.924. The molecular weight excluding hydrogens is 188 g/mol. The predicted octanol–water partition coefficient (Wildman–Crippen LogP) is 1.83. The van der Waals surface area contributed by atoms with E-state index in [2.05, 4.69) is 34.6 Å². The summed E-state index contributed by atoms with van der Waals surface area (Å²) in [5, 5.41) is 11.2. The summed E-state index contributed by atoms with van der Waals surface area (Å²) in [6.45, 7) is 2.07. The van der Waals surface area contributed by atoms with Crippen LogP contribution in [0.4, 0.5) is 5.95 Å². The molecule has 2 rings (SSSR count). The van der Waals surface area contributed by atoms with Crippen LogP contribution in [0.25, 0.3) is 11.4 Å². The Kier molecular flexibility index (Phi) is 2.41. The summed E-state index contributed by atoms with van der Waals surface area (Å²) in [5.74, 6) is 1.66. The van der Waals surface area contributed by atoms with Gasteiger partial charge in [-0.25, -0.2) is 0 Å². The maximum atomic E-state index is 4.17. The zero-order valence-electron chi connectivity index (χ0n) is 9.15.